The Balaban J connectivity index is 2.07. The van der Waals surface area contributed by atoms with Gasteiger partial charge in [-0.3, -0.25) is 4.79 Å². The molecule has 0 atom stereocenters. The Bertz CT molecular complexity index is 437. The average Bonchev–Trinajstić information content (AvgIpc) is 2.79. The summed E-state index contributed by atoms with van der Waals surface area (Å²) in [7, 11) is 0. The van der Waals surface area contributed by atoms with Crippen molar-refractivity contribution in [1.29, 1.82) is 0 Å². The van der Waals surface area contributed by atoms with Crippen LogP contribution in [0.5, 0.6) is 0 Å². The van der Waals surface area contributed by atoms with Gasteiger partial charge in [-0.15, -0.1) is 0 Å². The first kappa shape index (κ1) is 14.4. The number of piperidine rings is 1. The molecule has 1 aliphatic rings. The second-order valence-electron chi connectivity index (χ2n) is 5.16. The minimum Gasteiger partial charge on any atom is -0.396 e. The average molecular weight is 285 g/mol. The molecule has 0 radical (unpaired) electrons. The highest BCUT2D eigenvalue weighted by atomic mass is 35.5. The third-order valence-corrected chi connectivity index (χ3v) is 3.91. The van der Waals surface area contributed by atoms with Crippen LogP contribution in [0.25, 0.3) is 0 Å². The topological polar surface area (TPSA) is 45.5 Å². The Morgan fingerprint density at radius 1 is 1.47 bits per heavy atom. The van der Waals surface area contributed by atoms with Crippen molar-refractivity contribution in [2.75, 3.05) is 19.7 Å². The number of rotatable bonds is 4. The summed E-state index contributed by atoms with van der Waals surface area (Å²) >= 11 is 6.01. The van der Waals surface area contributed by atoms with Crippen LogP contribution in [0, 0.1) is 5.92 Å². The number of hydrogen-bond donors (Lipinski definition) is 1. The van der Waals surface area contributed by atoms with Crippen LogP contribution in [-0.2, 0) is 6.54 Å². The summed E-state index contributed by atoms with van der Waals surface area (Å²) in [5.41, 5.74) is 0.675. The molecule has 0 saturated carbocycles. The van der Waals surface area contributed by atoms with E-state index in [1.807, 2.05) is 15.7 Å². The van der Waals surface area contributed by atoms with E-state index >= 15 is 0 Å². The molecule has 19 heavy (non-hydrogen) atoms. The number of aliphatic hydroxyl groups is 1. The number of halogens is 1. The molecule has 1 fully saturated rings. The van der Waals surface area contributed by atoms with E-state index < -0.39 is 0 Å². The zero-order valence-corrected chi connectivity index (χ0v) is 12.1. The molecule has 1 saturated heterocycles. The molecule has 1 amide bonds. The van der Waals surface area contributed by atoms with Crippen molar-refractivity contribution in [3.8, 4) is 0 Å². The van der Waals surface area contributed by atoms with Gasteiger partial charge in [0.1, 0.15) is 5.69 Å². The summed E-state index contributed by atoms with van der Waals surface area (Å²) in [6, 6.07) is 1.75. The second kappa shape index (κ2) is 6.44. The number of likely N-dealkylation sites (tertiary alicyclic amines) is 1. The maximum Gasteiger partial charge on any atom is 0.270 e. The highest BCUT2D eigenvalue weighted by molar-refractivity contribution is 6.31. The van der Waals surface area contributed by atoms with E-state index in [1.165, 1.54) is 0 Å². The number of carbonyl (C=O) groups is 1. The van der Waals surface area contributed by atoms with Gasteiger partial charge in [0.05, 0.1) is 5.02 Å². The highest BCUT2D eigenvalue weighted by Gasteiger charge is 2.25. The summed E-state index contributed by atoms with van der Waals surface area (Å²) in [6.45, 7) is 4.55. The number of hydrogen-bond acceptors (Lipinski definition) is 2. The lowest BCUT2D eigenvalue weighted by molar-refractivity contribution is 0.0640. The fraction of sp³-hybridized carbons (Fsp3) is 0.643. The minimum atomic E-state index is 0.0525. The fourth-order valence-electron chi connectivity index (χ4n) is 2.56. The summed E-state index contributed by atoms with van der Waals surface area (Å²) in [4.78, 5) is 14.4. The van der Waals surface area contributed by atoms with Crippen molar-refractivity contribution >= 4 is 17.5 Å². The maximum absolute atomic E-state index is 12.5. The van der Waals surface area contributed by atoms with Gasteiger partial charge in [-0.05, 0) is 31.2 Å². The van der Waals surface area contributed by atoms with Crippen LogP contribution >= 0.6 is 11.6 Å². The first-order chi connectivity index (χ1) is 9.15. The van der Waals surface area contributed by atoms with Gasteiger partial charge < -0.3 is 14.6 Å². The van der Waals surface area contributed by atoms with E-state index in [0.29, 0.717) is 16.6 Å². The van der Waals surface area contributed by atoms with E-state index in [4.69, 9.17) is 16.7 Å². The smallest absolute Gasteiger partial charge is 0.270 e. The number of nitrogens with zero attached hydrogens (tertiary/aromatic N) is 2. The zero-order valence-electron chi connectivity index (χ0n) is 11.3. The minimum absolute atomic E-state index is 0.0525. The molecule has 2 rings (SSSR count). The Labute approximate surface area is 119 Å². The SMILES string of the molecule is CCCn1cc(Cl)cc1C(=O)N1CCC(CO)CC1. The highest BCUT2D eigenvalue weighted by Crippen LogP contribution is 2.21. The van der Waals surface area contributed by atoms with Crippen LogP contribution in [0.15, 0.2) is 12.3 Å². The predicted octanol–water partition coefficient (Wildman–Crippen LogP) is 2.40. The third-order valence-electron chi connectivity index (χ3n) is 3.71. The molecule has 1 aromatic heterocycles. The molecule has 0 unspecified atom stereocenters. The summed E-state index contributed by atoms with van der Waals surface area (Å²) in [5.74, 6) is 0.395. The van der Waals surface area contributed by atoms with Crippen molar-refractivity contribution in [2.24, 2.45) is 5.92 Å². The Kier molecular flexibility index (Phi) is 4.88. The van der Waals surface area contributed by atoms with Gasteiger partial charge in [0.25, 0.3) is 5.91 Å². The van der Waals surface area contributed by atoms with Crippen LogP contribution in [-0.4, -0.2) is 40.2 Å². The summed E-state index contributed by atoms with van der Waals surface area (Å²) < 4.78 is 1.93. The number of amides is 1. The van der Waals surface area contributed by atoms with Crippen LogP contribution in [0.2, 0.25) is 5.02 Å². The van der Waals surface area contributed by atoms with Gasteiger partial charge in [0, 0.05) is 32.4 Å². The molecule has 5 heteroatoms. The van der Waals surface area contributed by atoms with Crippen molar-refractivity contribution < 1.29 is 9.90 Å². The lowest BCUT2D eigenvalue weighted by atomic mass is 9.98. The molecule has 0 bridgehead atoms. The third kappa shape index (κ3) is 3.31. The van der Waals surface area contributed by atoms with Gasteiger partial charge >= 0.3 is 0 Å². The Hall–Kier alpha value is -1.00. The molecule has 1 aromatic rings. The van der Waals surface area contributed by atoms with Crippen molar-refractivity contribution in [3.63, 3.8) is 0 Å². The maximum atomic E-state index is 12.5. The molecule has 106 valence electrons. The molecule has 1 aliphatic heterocycles. The molecule has 4 nitrogen and oxygen atoms in total. The first-order valence-corrected chi connectivity index (χ1v) is 7.29. The van der Waals surface area contributed by atoms with Crippen molar-refractivity contribution in [1.82, 2.24) is 9.47 Å². The predicted molar refractivity (Wildman–Crippen MR) is 75.4 cm³/mol. The quantitative estimate of drug-likeness (QED) is 0.923. The zero-order chi connectivity index (χ0) is 13.8. The van der Waals surface area contributed by atoms with Crippen LogP contribution in [0.3, 0.4) is 0 Å². The van der Waals surface area contributed by atoms with E-state index in [2.05, 4.69) is 6.92 Å². The van der Waals surface area contributed by atoms with E-state index in [1.54, 1.807) is 6.07 Å². The number of aliphatic hydroxyl groups excluding tert-OH is 1. The van der Waals surface area contributed by atoms with Crippen molar-refractivity contribution in [3.05, 3.63) is 23.0 Å². The molecular formula is C14H21ClN2O2. The standard InChI is InChI=1S/C14H21ClN2O2/c1-2-5-17-9-12(15)8-13(17)14(19)16-6-3-11(10-18)4-7-16/h8-9,11,18H,2-7,10H2,1H3. The first-order valence-electron chi connectivity index (χ1n) is 6.91. The fourth-order valence-corrected chi connectivity index (χ4v) is 2.78. The lowest BCUT2D eigenvalue weighted by Gasteiger charge is -2.31. The normalized spacial score (nSPS) is 16.9. The van der Waals surface area contributed by atoms with Crippen LogP contribution in [0.1, 0.15) is 36.7 Å². The molecule has 0 spiro atoms. The van der Waals surface area contributed by atoms with Crippen LogP contribution < -0.4 is 0 Å². The van der Waals surface area contributed by atoms with Gasteiger partial charge in [-0.2, -0.15) is 0 Å². The monoisotopic (exact) mass is 284 g/mol. The molecule has 0 aromatic carbocycles. The second-order valence-corrected chi connectivity index (χ2v) is 5.59. The van der Waals surface area contributed by atoms with Gasteiger partial charge in [0.2, 0.25) is 0 Å². The van der Waals surface area contributed by atoms with E-state index in [9.17, 15) is 4.79 Å². The van der Waals surface area contributed by atoms with Crippen LogP contribution in [0.4, 0.5) is 0 Å². The summed E-state index contributed by atoms with van der Waals surface area (Å²) in [5, 5.41) is 9.74. The van der Waals surface area contributed by atoms with E-state index in [0.717, 1.165) is 38.9 Å². The van der Waals surface area contributed by atoms with Gasteiger partial charge in [-0.25, -0.2) is 0 Å². The Morgan fingerprint density at radius 3 is 2.74 bits per heavy atom. The van der Waals surface area contributed by atoms with E-state index in [-0.39, 0.29) is 12.5 Å². The molecular weight excluding hydrogens is 264 g/mol. The molecule has 0 aliphatic carbocycles. The largest absolute Gasteiger partial charge is 0.396 e. The molecule has 1 N–H and O–H groups in total. The number of aryl methyl sites for hydroxylation is 1. The lowest BCUT2D eigenvalue weighted by Crippen LogP contribution is -2.40. The Morgan fingerprint density at radius 2 is 2.16 bits per heavy atom. The summed E-state index contributed by atoms with van der Waals surface area (Å²) in [6.07, 6.45) is 4.55. The van der Waals surface area contributed by atoms with Crippen molar-refractivity contribution in [2.45, 2.75) is 32.7 Å². The number of carbonyl (C=O) groups excluding carboxylic acids is 1. The van der Waals surface area contributed by atoms with Gasteiger partial charge in [-0.1, -0.05) is 18.5 Å². The molecule has 2 heterocycles. The number of aromatic nitrogens is 1. The van der Waals surface area contributed by atoms with Gasteiger partial charge in [0.15, 0.2) is 0 Å².